The van der Waals surface area contributed by atoms with Crippen LogP contribution in [0.3, 0.4) is 0 Å². The molecule has 0 bridgehead atoms. The quantitative estimate of drug-likeness (QED) is 0.808. The second-order valence-corrected chi connectivity index (χ2v) is 4.91. The van der Waals surface area contributed by atoms with Gasteiger partial charge in [-0.1, -0.05) is 6.92 Å². The number of nitrogens with two attached hydrogens (primary N) is 1. The van der Waals surface area contributed by atoms with Crippen LogP contribution in [0, 0.1) is 6.92 Å². The monoisotopic (exact) mass is 225 g/mol. The average molecular weight is 225 g/mol. The summed E-state index contributed by atoms with van der Waals surface area (Å²) in [6.45, 7) is 5.11. The molecule has 1 heterocycles. The third kappa shape index (κ3) is 4.00. The summed E-state index contributed by atoms with van der Waals surface area (Å²) >= 11 is 1.89. The molecule has 1 aromatic heterocycles. The van der Waals surface area contributed by atoms with Gasteiger partial charge in [0.15, 0.2) is 0 Å². The van der Waals surface area contributed by atoms with Crippen LogP contribution in [-0.4, -0.2) is 23.0 Å². The summed E-state index contributed by atoms with van der Waals surface area (Å²) in [5.41, 5.74) is 7.33. The number of nitrogens with one attached hydrogen (secondary N) is 1. The maximum Gasteiger partial charge on any atom is 0.126 e. The maximum atomic E-state index is 5.69. The topological polar surface area (TPSA) is 50.9 Å². The molecule has 84 valence electrons. The van der Waals surface area contributed by atoms with Gasteiger partial charge in [-0.2, -0.15) is 11.8 Å². The van der Waals surface area contributed by atoms with E-state index < -0.39 is 0 Å². The zero-order valence-corrected chi connectivity index (χ0v) is 10.4. The largest absolute Gasteiger partial charge is 0.397 e. The molecule has 1 aromatic rings. The van der Waals surface area contributed by atoms with Crippen LogP contribution in [0.1, 0.15) is 19.0 Å². The second kappa shape index (κ2) is 5.85. The number of thioether (sulfide) groups is 1. The van der Waals surface area contributed by atoms with Gasteiger partial charge in [-0.05, 0) is 31.7 Å². The maximum absolute atomic E-state index is 5.69. The van der Waals surface area contributed by atoms with E-state index in [1.807, 2.05) is 30.8 Å². The molecule has 1 rings (SSSR count). The lowest BCUT2D eigenvalue weighted by Crippen LogP contribution is -2.09. The Labute approximate surface area is 95.9 Å². The van der Waals surface area contributed by atoms with Crippen molar-refractivity contribution in [2.45, 2.75) is 25.5 Å². The van der Waals surface area contributed by atoms with Gasteiger partial charge in [0, 0.05) is 11.8 Å². The molecule has 15 heavy (non-hydrogen) atoms. The van der Waals surface area contributed by atoms with E-state index in [1.54, 1.807) is 0 Å². The van der Waals surface area contributed by atoms with Gasteiger partial charge in [0.2, 0.25) is 0 Å². The Morgan fingerprint density at radius 2 is 2.27 bits per heavy atom. The van der Waals surface area contributed by atoms with Crippen molar-refractivity contribution in [3.8, 4) is 0 Å². The lowest BCUT2D eigenvalue weighted by atomic mass is 10.3. The fraction of sp³-hybridized carbons (Fsp3) is 0.545. The smallest absolute Gasteiger partial charge is 0.126 e. The van der Waals surface area contributed by atoms with Crippen molar-refractivity contribution in [1.29, 1.82) is 0 Å². The Balaban J connectivity index is 2.41. The zero-order valence-electron chi connectivity index (χ0n) is 9.58. The molecule has 0 aliphatic carbocycles. The summed E-state index contributed by atoms with van der Waals surface area (Å²) in [5, 5.41) is 3.99. The van der Waals surface area contributed by atoms with Crippen molar-refractivity contribution in [3.63, 3.8) is 0 Å². The number of aryl methyl sites for hydroxylation is 1. The summed E-state index contributed by atoms with van der Waals surface area (Å²) in [7, 11) is 0. The van der Waals surface area contributed by atoms with Crippen LogP contribution < -0.4 is 11.1 Å². The molecule has 3 nitrogen and oxygen atoms in total. The predicted molar refractivity (Wildman–Crippen MR) is 69.5 cm³/mol. The minimum Gasteiger partial charge on any atom is -0.397 e. The lowest BCUT2D eigenvalue weighted by Gasteiger charge is -2.10. The summed E-state index contributed by atoms with van der Waals surface area (Å²) in [6, 6.07) is 3.81. The third-order valence-electron chi connectivity index (χ3n) is 2.39. The Morgan fingerprint density at radius 1 is 1.53 bits per heavy atom. The van der Waals surface area contributed by atoms with Gasteiger partial charge in [0.05, 0.1) is 11.4 Å². The van der Waals surface area contributed by atoms with Crippen LogP contribution in [0.25, 0.3) is 0 Å². The van der Waals surface area contributed by atoms with Crippen molar-refractivity contribution in [2.24, 2.45) is 0 Å². The van der Waals surface area contributed by atoms with Crippen molar-refractivity contribution in [3.05, 3.63) is 17.8 Å². The molecule has 0 fully saturated rings. The first-order chi connectivity index (χ1) is 7.13. The van der Waals surface area contributed by atoms with E-state index in [2.05, 4.69) is 23.5 Å². The van der Waals surface area contributed by atoms with Crippen LogP contribution in [0.4, 0.5) is 11.5 Å². The molecular formula is C11H19N3S. The molecule has 0 aliphatic heterocycles. The Hall–Kier alpha value is -0.900. The van der Waals surface area contributed by atoms with Crippen molar-refractivity contribution < 1.29 is 0 Å². The normalized spacial score (nSPS) is 12.5. The number of nitrogen functional groups attached to an aromatic ring is 1. The van der Waals surface area contributed by atoms with E-state index in [4.69, 9.17) is 5.73 Å². The summed E-state index contributed by atoms with van der Waals surface area (Å²) < 4.78 is 0. The number of aromatic nitrogens is 1. The highest BCUT2D eigenvalue weighted by atomic mass is 32.2. The Morgan fingerprint density at radius 3 is 2.87 bits per heavy atom. The first-order valence-electron chi connectivity index (χ1n) is 5.13. The third-order valence-corrected chi connectivity index (χ3v) is 3.43. The number of nitrogens with zero attached hydrogens (tertiary/aromatic N) is 1. The van der Waals surface area contributed by atoms with Crippen LogP contribution in [-0.2, 0) is 0 Å². The summed E-state index contributed by atoms with van der Waals surface area (Å²) in [5.74, 6) is 0.912. The van der Waals surface area contributed by atoms with E-state index in [0.29, 0.717) is 5.25 Å². The number of hydrogen-bond acceptors (Lipinski definition) is 4. The lowest BCUT2D eigenvalue weighted by molar-refractivity contribution is 0.849. The number of pyridine rings is 1. The molecule has 0 saturated carbocycles. The fourth-order valence-corrected chi connectivity index (χ4v) is 1.55. The highest BCUT2D eigenvalue weighted by Crippen LogP contribution is 2.13. The van der Waals surface area contributed by atoms with E-state index in [0.717, 1.165) is 30.2 Å². The van der Waals surface area contributed by atoms with Gasteiger partial charge in [0.25, 0.3) is 0 Å². The molecule has 0 spiro atoms. The molecule has 1 unspecified atom stereocenters. The second-order valence-electron chi connectivity index (χ2n) is 3.63. The van der Waals surface area contributed by atoms with Gasteiger partial charge in [-0.25, -0.2) is 4.98 Å². The molecule has 0 aromatic carbocycles. The molecule has 3 N–H and O–H groups in total. The first kappa shape index (κ1) is 12.2. The first-order valence-corrected chi connectivity index (χ1v) is 6.42. The molecule has 0 amide bonds. The SMILES string of the molecule is CSC(C)CCNc1ccc(N)c(C)n1. The molecule has 0 aliphatic rings. The number of hydrogen-bond donors (Lipinski definition) is 2. The zero-order chi connectivity index (χ0) is 11.3. The number of rotatable bonds is 5. The molecule has 1 atom stereocenters. The Kier molecular flexibility index (Phi) is 4.75. The van der Waals surface area contributed by atoms with Gasteiger partial charge >= 0.3 is 0 Å². The fourth-order valence-electron chi connectivity index (χ4n) is 1.19. The van der Waals surface area contributed by atoms with E-state index >= 15 is 0 Å². The highest BCUT2D eigenvalue weighted by molar-refractivity contribution is 7.99. The minimum absolute atomic E-state index is 0.687. The predicted octanol–water partition coefficient (Wildman–Crippen LogP) is 2.53. The van der Waals surface area contributed by atoms with Gasteiger partial charge in [-0.3, -0.25) is 0 Å². The van der Waals surface area contributed by atoms with Crippen molar-refractivity contribution >= 4 is 23.3 Å². The molecule has 0 radical (unpaired) electrons. The Bertz CT molecular complexity index is 315. The minimum atomic E-state index is 0.687. The van der Waals surface area contributed by atoms with Crippen LogP contribution >= 0.6 is 11.8 Å². The van der Waals surface area contributed by atoms with Gasteiger partial charge in [0.1, 0.15) is 5.82 Å². The van der Waals surface area contributed by atoms with Crippen LogP contribution in [0.5, 0.6) is 0 Å². The molecule has 4 heteroatoms. The summed E-state index contributed by atoms with van der Waals surface area (Å²) in [4.78, 5) is 4.35. The molecular weight excluding hydrogens is 206 g/mol. The van der Waals surface area contributed by atoms with E-state index in [-0.39, 0.29) is 0 Å². The highest BCUT2D eigenvalue weighted by Gasteiger charge is 2.00. The number of anilines is 2. The van der Waals surface area contributed by atoms with E-state index in [9.17, 15) is 0 Å². The van der Waals surface area contributed by atoms with Crippen molar-refractivity contribution in [1.82, 2.24) is 4.98 Å². The summed E-state index contributed by atoms with van der Waals surface area (Å²) in [6.07, 6.45) is 3.28. The average Bonchev–Trinajstić information content (AvgIpc) is 2.23. The van der Waals surface area contributed by atoms with Crippen LogP contribution in [0.15, 0.2) is 12.1 Å². The molecule has 0 saturated heterocycles. The van der Waals surface area contributed by atoms with Crippen molar-refractivity contribution in [2.75, 3.05) is 23.9 Å². The van der Waals surface area contributed by atoms with Gasteiger partial charge in [-0.15, -0.1) is 0 Å². The van der Waals surface area contributed by atoms with Crippen LogP contribution in [0.2, 0.25) is 0 Å². The van der Waals surface area contributed by atoms with E-state index in [1.165, 1.54) is 0 Å². The standard InChI is InChI=1S/C11H19N3S/c1-8(15-3)6-7-13-11-5-4-10(12)9(2)14-11/h4-5,8H,6-7,12H2,1-3H3,(H,13,14). The van der Waals surface area contributed by atoms with Gasteiger partial charge < -0.3 is 11.1 Å².